The van der Waals surface area contributed by atoms with Crippen molar-refractivity contribution in [2.75, 3.05) is 6.54 Å². The number of pyridine rings is 1. The topological polar surface area (TPSA) is 59.2 Å². The Labute approximate surface area is 109 Å². The summed E-state index contributed by atoms with van der Waals surface area (Å²) in [6.07, 6.45) is 1.64. The van der Waals surface area contributed by atoms with Crippen LogP contribution in [0.15, 0.2) is 18.3 Å². The maximum absolute atomic E-state index is 12.4. The predicted molar refractivity (Wildman–Crippen MR) is 73.1 cm³/mol. The minimum absolute atomic E-state index is 0.0517. The third-order valence-corrected chi connectivity index (χ3v) is 2.72. The molecule has 18 heavy (non-hydrogen) atoms. The largest absolute Gasteiger partial charge is 0.336 e. The number of nitrogens with zero attached hydrogens (tertiary/aromatic N) is 2. The van der Waals surface area contributed by atoms with Crippen molar-refractivity contribution in [2.45, 2.75) is 40.3 Å². The molecule has 0 aliphatic carbocycles. The maximum atomic E-state index is 12.4. The Morgan fingerprint density at radius 1 is 1.39 bits per heavy atom. The molecule has 1 aromatic heterocycles. The van der Waals surface area contributed by atoms with Crippen LogP contribution in [0.2, 0.25) is 0 Å². The van der Waals surface area contributed by atoms with Gasteiger partial charge in [0.05, 0.1) is 5.69 Å². The van der Waals surface area contributed by atoms with E-state index < -0.39 is 0 Å². The predicted octanol–water partition coefficient (Wildman–Crippen LogP) is 2.05. The summed E-state index contributed by atoms with van der Waals surface area (Å²) in [6.45, 7) is 9.40. The van der Waals surface area contributed by atoms with E-state index in [4.69, 9.17) is 5.73 Å². The first-order valence-electron chi connectivity index (χ1n) is 6.41. The van der Waals surface area contributed by atoms with Crippen LogP contribution in [0.4, 0.5) is 0 Å². The lowest BCUT2D eigenvalue weighted by Crippen LogP contribution is -2.39. The Kier molecular flexibility index (Phi) is 5.28. The summed E-state index contributed by atoms with van der Waals surface area (Å²) in [5.41, 5.74) is 6.96. The van der Waals surface area contributed by atoms with E-state index in [9.17, 15) is 4.79 Å². The lowest BCUT2D eigenvalue weighted by Gasteiger charge is -2.28. The van der Waals surface area contributed by atoms with Crippen molar-refractivity contribution in [1.29, 1.82) is 0 Å². The van der Waals surface area contributed by atoms with Gasteiger partial charge in [0, 0.05) is 30.9 Å². The van der Waals surface area contributed by atoms with Gasteiger partial charge in [-0.05, 0) is 31.9 Å². The van der Waals surface area contributed by atoms with Crippen LogP contribution in [-0.2, 0) is 6.54 Å². The summed E-state index contributed by atoms with van der Waals surface area (Å²) in [5.74, 6) is 0.503. The normalized spacial score (nSPS) is 11.1. The van der Waals surface area contributed by atoms with Gasteiger partial charge in [-0.3, -0.25) is 9.78 Å². The SMILES string of the molecule is CC(C)CN(C(=O)c1ccnc(CN)c1)C(C)C. The fourth-order valence-corrected chi connectivity index (χ4v) is 1.81. The highest BCUT2D eigenvalue weighted by Crippen LogP contribution is 2.11. The molecular formula is C14H23N3O. The van der Waals surface area contributed by atoms with Gasteiger partial charge in [-0.2, -0.15) is 0 Å². The molecule has 1 aromatic rings. The summed E-state index contributed by atoms with van der Waals surface area (Å²) in [4.78, 5) is 18.4. The first-order valence-corrected chi connectivity index (χ1v) is 6.41. The highest BCUT2D eigenvalue weighted by atomic mass is 16.2. The van der Waals surface area contributed by atoms with Gasteiger partial charge in [0.25, 0.3) is 5.91 Å². The average molecular weight is 249 g/mol. The Hall–Kier alpha value is -1.42. The molecule has 4 nitrogen and oxygen atoms in total. The smallest absolute Gasteiger partial charge is 0.254 e. The van der Waals surface area contributed by atoms with Crippen molar-refractivity contribution in [1.82, 2.24) is 9.88 Å². The molecule has 0 saturated heterocycles. The molecule has 0 unspecified atom stereocenters. The molecule has 0 spiro atoms. The van der Waals surface area contributed by atoms with Crippen LogP contribution in [0.3, 0.4) is 0 Å². The fourth-order valence-electron chi connectivity index (χ4n) is 1.81. The van der Waals surface area contributed by atoms with Gasteiger partial charge in [0.2, 0.25) is 0 Å². The van der Waals surface area contributed by atoms with E-state index in [1.54, 1.807) is 18.3 Å². The molecule has 0 atom stereocenters. The molecule has 0 fully saturated rings. The van der Waals surface area contributed by atoms with Gasteiger partial charge in [-0.15, -0.1) is 0 Å². The van der Waals surface area contributed by atoms with Crippen molar-refractivity contribution in [2.24, 2.45) is 11.7 Å². The van der Waals surface area contributed by atoms with Gasteiger partial charge >= 0.3 is 0 Å². The minimum atomic E-state index is 0.0517. The number of aromatic nitrogens is 1. The zero-order valence-electron chi connectivity index (χ0n) is 11.7. The second kappa shape index (κ2) is 6.50. The highest BCUT2D eigenvalue weighted by molar-refractivity contribution is 5.94. The molecule has 0 radical (unpaired) electrons. The standard InChI is InChI=1S/C14H23N3O/c1-10(2)9-17(11(3)4)14(18)12-5-6-16-13(7-12)8-15/h5-7,10-11H,8-9,15H2,1-4H3. The number of hydrogen-bond donors (Lipinski definition) is 1. The molecule has 0 aliphatic rings. The molecule has 2 N–H and O–H groups in total. The quantitative estimate of drug-likeness (QED) is 0.868. The monoisotopic (exact) mass is 249 g/mol. The molecular weight excluding hydrogens is 226 g/mol. The number of amides is 1. The van der Waals surface area contributed by atoms with Crippen molar-refractivity contribution >= 4 is 5.91 Å². The van der Waals surface area contributed by atoms with Gasteiger partial charge in [0.15, 0.2) is 0 Å². The molecule has 100 valence electrons. The lowest BCUT2D eigenvalue weighted by atomic mass is 10.1. The number of rotatable bonds is 5. The summed E-state index contributed by atoms with van der Waals surface area (Å²) < 4.78 is 0. The van der Waals surface area contributed by atoms with E-state index >= 15 is 0 Å². The second-order valence-corrected chi connectivity index (χ2v) is 5.19. The van der Waals surface area contributed by atoms with Crippen molar-refractivity contribution in [3.05, 3.63) is 29.6 Å². The van der Waals surface area contributed by atoms with Crippen LogP contribution in [0.25, 0.3) is 0 Å². The van der Waals surface area contributed by atoms with E-state index in [1.165, 1.54) is 0 Å². The number of nitrogens with two attached hydrogens (primary N) is 1. The third kappa shape index (κ3) is 3.81. The Morgan fingerprint density at radius 2 is 2.06 bits per heavy atom. The molecule has 0 bridgehead atoms. The molecule has 4 heteroatoms. The van der Waals surface area contributed by atoms with Crippen LogP contribution >= 0.6 is 0 Å². The van der Waals surface area contributed by atoms with Gasteiger partial charge < -0.3 is 10.6 Å². The van der Waals surface area contributed by atoms with Crippen LogP contribution in [0.5, 0.6) is 0 Å². The zero-order valence-corrected chi connectivity index (χ0v) is 11.7. The molecule has 0 aromatic carbocycles. The maximum Gasteiger partial charge on any atom is 0.254 e. The van der Waals surface area contributed by atoms with Crippen LogP contribution in [0.1, 0.15) is 43.7 Å². The molecule has 0 saturated carbocycles. The molecule has 1 rings (SSSR count). The second-order valence-electron chi connectivity index (χ2n) is 5.19. The summed E-state index contributed by atoms with van der Waals surface area (Å²) >= 11 is 0. The van der Waals surface area contributed by atoms with Gasteiger partial charge in [-0.1, -0.05) is 13.8 Å². The van der Waals surface area contributed by atoms with Crippen molar-refractivity contribution in [3.63, 3.8) is 0 Å². The van der Waals surface area contributed by atoms with Gasteiger partial charge in [0.1, 0.15) is 0 Å². The summed E-state index contributed by atoms with van der Waals surface area (Å²) in [7, 11) is 0. The fraction of sp³-hybridized carbons (Fsp3) is 0.571. The van der Waals surface area contributed by atoms with Crippen LogP contribution in [-0.4, -0.2) is 28.4 Å². The van der Waals surface area contributed by atoms with Crippen LogP contribution < -0.4 is 5.73 Å². The lowest BCUT2D eigenvalue weighted by molar-refractivity contribution is 0.0681. The van der Waals surface area contributed by atoms with Crippen molar-refractivity contribution in [3.8, 4) is 0 Å². The summed E-state index contributed by atoms with van der Waals surface area (Å²) in [6, 6.07) is 3.71. The van der Waals surface area contributed by atoms with E-state index in [1.807, 2.05) is 18.7 Å². The number of carbonyl (C=O) groups is 1. The molecule has 1 heterocycles. The Balaban J connectivity index is 2.94. The first kappa shape index (κ1) is 14.6. The van der Waals surface area contributed by atoms with Gasteiger partial charge in [-0.25, -0.2) is 0 Å². The minimum Gasteiger partial charge on any atom is -0.336 e. The van der Waals surface area contributed by atoms with Crippen molar-refractivity contribution < 1.29 is 4.79 Å². The molecule has 1 amide bonds. The number of carbonyl (C=O) groups excluding carboxylic acids is 1. The average Bonchev–Trinajstić information content (AvgIpc) is 2.34. The van der Waals surface area contributed by atoms with E-state index in [2.05, 4.69) is 18.8 Å². The Morgan fingerprint density at radius 3 is 2.56 bits per heavy atom. The Bertz CT molecular complexity index is 402. The van der Waals surface area contributed by atoms with E-state index in [-0.39, 0.29) is 11.9 Å². The third-order valence-electron chi connectivity index (χ3n) is 2.72. The zero-order chi connectivity index (χ0) is 13.7. The van der Waals surface area contributed by atoms with E-state index in [0.717, 1.165) is 12.2 Å². The summed E-state index contributed by atoms with van der Waals surface area (Å²) in [5, 5.41) is 0. The van der Waals surface area contributed by atoms with Crippen LogP contribution in [0, 0.1) is 5.92 Å². The highest BCUT2D eigenvalue weighted by Gasteiger charge is 2.19. The molecule has 0 aliphatic heterocycles. The van der Waals surface area contributed by atoms with E-state index in [0.29, 0.717) is 18.0 Å². The number of hydrogen-bond acceptors (Lipinski definition) is 3. The first-order chi connectivity index (χ1) is 8.45.